The number of carbonyl (C=O) groups excluding carboxylic acids is 2. The number of carbonyl (C=O) groups is 2. The number of anilines is 2. The SMILES string of the molecule is CC1CC12C(=O)N(c1ccc(S(=O)(=O)C(F)(F)F)cc1)C(=O)N2c1ccncc1CN(C)C. The fourth-order valence-electron chi connectivity index (χ4n) is 4.22. The van der Waals surface area contributed by atoms with E-state index < -0.39 is 37.7 Å². The van der Waals surface area contributed by atoms with Crippen molar-refractivity contribution in [1.82, 2.24) is 9.88 Å². The van der Waals surface area contributed by atoms with E-state index in [4.69, 9.17) is 0 Å². The van der Waals surface area contributed by atoms with Gasteiger partial charge in [-0.1, -0.05) is 6.92 Å². The van der Waals surface area contributed by atoms with Gasteiger partial charge in [-0.2, -0.15) is 13.2 Å². The molecule has 2 atom stereocenters. The van der Waals surface area contributed by atoms with Crippen LogP contribution in [-0.4, -0.2) is 55.4 Å². The van der Waals surface area contributed by atoms with Gasteiger partial charge in [-0.25, -0.2) is 18.1 Å². The van der Waals surface area contributed by atoms with Crippen LogP contribution in [0.15, 0.2) is 47.6 Å². The van der Waals surface area contributed by atoms with Crippen LogP contribution < -0.4 is 9.80 Å². The van der Waals surface area contributed by atoms with Crippen LogP contribution in [0.2, 0.25) is 0 Å². The Bertz CT molecular complexity index is 1230. The van der Waals surface area contributed by atoms with Gasteiger partial charge in [0.15, 0.2) is 0 Å². The van der Waals surface area contributed by atoms with Gasteiger partial charge in [0.1, 0.15) is 5.54 Å². The molecular formula is C21H21F3N4O4S. The topological polar surface area (TPSA) is 90.9 Å². The first-order chi connectivity index (χ1) is 15.3. The maximum absolute atomic E-state index is 13.5. The summed E-state index contributed by atoms with van der Waals surface area (Å²) in [7, 11) is -1.84. The van der Waals surface area contributed by atoms with E-state index in [1.165, 1.54) is 11.1 Å². The average Bonchev–Trinajstić information content (AvgIpc) is 3.34. The first-order valence-corrected chi connectivity index (χ1v) is 11.5. The second kappa shape index (κ2) is 7.52. The highest BCUT2D eigenvalue weighted by Crippen LogP contribution is 2.56. The number of urea groups is 1. The number of pyridine rings is 1. The molecule has 1 aliphatic carbocycles. The minimum absolute atomic E-state index is 0.00434. The van der Waals surface area contributed by atoms with Gasteiger partial charge in [-0.05, 0) is 56.8 Å². The summed E-state index contributed by atoms with van der Waals surface area (Å²) in [6, 6.07) is 4.56. The Morgan fingerprint density at radius 3 is 2.27 bits per heavy atom. The normalized spacial score (nSPS) is 23.2. The third kappa shape index (κ3) is 3.48. The van der Waals surface area contributed by atoms with Crippen LogP contribution in [-0.2, 0) is 21.2 Å². The van der Waals surface area contributed by atoms with Crippen LogP contribution >= 0.6 is 0 Å². The summed E-state index contributed by atoms with van der Waals surface area (Å²) in [5.74, 6) is -0.636. The van der Waals surface area contributed by atoms with Gasteiger partial charge in [-0.15, -0.1) is 0 Å². The molecule has 2 fully saturated rings. The summed E-state index contributed by atoms with van der Waals surface area (Å²) >= 11 is 0. The van der Waals surface area contributed by atoms with Gasteiger partial charge in [0.25, 0.3) is 15.7 Å². The number of sulfone groups is 1. The Balaban J connectivity index is 1.75. The molecule has 12 heteroatoms. The molecule has 1 saturated carbocycles. The Hall–Kier alpha value is -2.99. The molecule has 0 bridgehead atoms. The van der Waals surface area contributed by atoms with Crippen molar-refractivity contribution in [3.05, 3.63) is 48.3 Å². The lowest BCUT2D eigenvalue weighted by Gasteiger charge is -2.25. The fourth-order valence-corrected chi connectivity index (χ4v) is 4.98. The first-order valence-electron chi connectivity index (χ1n) is 10.00. The zero-order valence-corrected chi connectivity index (χ0v) is 18.8. The fraction of sp³-hybridized carbons (Fsp3) is 0.381. The molecule has 2 aliphatic rings. The highest BCUT2D eigenvalue weighted by Gasteiger charge is 2.70. The van der Waals surface area contributed by atoms with Crippen molar-refractivity contribution in [1.29, 1.82) is 0 Å². The highest BCUT2D eigenvalue weighted by molar-refractivity contribution is 7.92. The lowest BCUT2D eigenvalue weighted by Crippen LogP contribution is -2.39. The molecule has 1 aromatic carbocycles. The van der Waals surface area contributed by atoms with Crippen molar-refractivity contribution in [2.75, 3.05) is 23.9 Å². The van der Waals surface area contributed by atoms with E-state index in [1.807, 2.05) is 25.9 Å². The number of benzene rings is 1. The van der Waals surface area contributed by atoms with Crippen LogP contribution in [0.4, 0.5) is 29.3 Å². The Labute approximate surface area is 188 Å². The van der Waals surface area contributed by atoms with Gasteiger partial charge in [0.05, 0.1) is 16.3 Å². The lowest BCUT2D eigenvalue weighted by molar-refractivity contribution is -0.119. The van der Waals surface area contributed by atoms with E-state index in [0.717, 1.165) is 34.7 Å². The summed E-state index contributed by atoms with van der Waals surface area (Å²) in [4.78, 5) is 34.3. The van der Waals surface area contributed by atoms with Crippen molar-refractivity contribution in [3.8, 4) is 0 Å². The van der Waals surface area contributed by atoms with Gasteiger partial charge in [-0.3, -0.25) is 14.7 Å². The van der Waals surface area contributed by atoms with E-state index >= 15 is 0 Å². The quantitative estimate of drug-likeness (QED) is 0.608. The van der Waals surface area contributed by atoms with Gasteiger partial charge in [0, 0.05) is 24.5 Å². The lowest BCUT2D eigenvalue weighted by atomic mass is 10.1. The molecule has 1 saturated heterocycles. The van der Waals surface area contributed by atoms with E-state index in [0.29, 0.717) is 18.7 Å². The van der Waals surface area contributed by atoms with Crippen molar-refractivity contribution in [2.45, 2.75) is 35.8 Å². The molecule has 176 valence electrons. The molecule has 0 radical (unpaired) electrons. The number of hydrogen-bond acceptors (Lipinski definition) is 6. The van der Waals surface area contributed by atoms with Crippen LogP contribution in [0.5, 0.6) is 0 Å². The van der Waals surface area contributed by atoms with E-state index in [9.17, 15) is 31.2 Å². The van der Waals surface area contributed by atoms with Crippen LogP contribution in [0.25, 0.3) is 0 Å². The third-order valence-electron chi connectivity index (χ3n) is 5.94. The number of nitrogens with zero attached hydrogens (tertiary/aromatic N) is 4. The Morgan fingerprint density at radius 1 is 1.15 bits per heavy atom. The van der Waals surface area contributed by atoms with Crippen molar-refractivity contribution in [3.63, 3.8) is 0 Å². The minimum atomic E-state index is -5.54. The van der Waals surface area contributed by atoms with Crippen LogP contribution in [0.1, 0.15) is 18.9 Å². The van der Waals surface area contributed by atoms with E-state index in [2.05, 4.69) is 4.98 Å². The molecule has 2 heterocycles. The third-order valence-corrected chi connectivity index (χ3v) is 7.44. The smallest absolute Gasteiger partial charge is 0.305 e. The van der Waals surface area contributed by atoms with Crippen LogP contribution in [0.3, 0.4) is 0 Å². The zero-order valence-electron chi connectivity index (χ0n) is 18.0. The summed E-state index contributed by atoms with van der Waals surface area (Å²) < 4.78 is 61.8. The molecular weight excluding hydrogens is 461 g/mol. The van der Waals surface area contributed by atoms with Gasteiger partial charge >= 0.3 is 11.5 Å². The standard InChI is InChI=1S/C21H21F3N4O4S/c1-13-10-20(13)18(29)27(15-4-6-16(7-5-15)33(31,32)21(22,23)24)19(30)28(20)17-8-9-25-11-14(17)12-26(2)3/h4-9,11,13H,10,12H2,1-3H3. The highest BCUT2D eigenvalue weighted by atomic mass is 32.2. The predicted molar refractivity (Wildman–Crippen MR) is 113 cm³/mol. The largest absolute Gasteiger partial charge is 0.501 e. The average molecular weight is 482 g/mol. The van der Waals surface area contributed by atoms with Gasteiger partial charge in [0.2, 0.25) is 0 Å². The van der Waals surface area contributed by atoms with Gasteiger partial charge < -0.3 is 4.90 Å². The van der Waals surface area contributed by atoms with Crippen LogP contribution in [0, 0.1) is 5.92 Å². The maximum atomic E-state index is 13.5. The maximum Gasteiger partial charge on any atom is 0.501 e. The second-order valence-electron chi connectivity index (χ2n) is 8.47. The molecule has 3 amide bonds. The summed E-state index contributed by atoms with van der Waals surface area (Å²) in [6.07, 6.45) is 3.57. The summed E-state index contributed by atoms with van der Waals surface area (Å²) in [5, 5.41) is 0. The van der Waals surface area contributed by atoms with Crippen molar-refractivity contribution < 1.29 is 31.2 Å². The molecule has 1 spiro atoms. The monoisotopic (exact) mass is 482 g/mol. The van der Waals surface area contributed by atoms with E-state index in [1.54, 1.807) is 12.3 Å². The van der Waals surface area contributed by atoms with Crippen molar-refractivity contribution in [2.24, 2.45) is 5.92 Å². The molecule has 0 N–H and O–H groups in total. The molecule has 2 aromatic rings. The second-order valence-corrected chi connectivity index (χ2v) is 10.4. The molecule has 1 aromatic heterocycles. The number of rotatable bonds is 5. The molecule has 4 rings (SSSR count). The Morgan fingerprint density at radius 2 is 1.76 bits per heavy atom. The first kappa shape index (κ1) is 23.2. The number of hydrogen-bond donors (Lipinski definition) is 0. The summed E-state index contributed by atoms with van der Waals surface area (Å²) in [5.41, 5.74) is -5.30. The number of amides is 3. The molecule has 8 nitrogen and oxygen atoms in total. The number of alkyl halides is 3. The molecule has 2 unspecified atom stereocenters. The molecule has 33 heavy (non-hydrogen) atoms. The summed E-state index contributed by atoms with van der Waals surface area (Å²) in [6.45, 7) is 2.31. The minimum Gasteiger partial charge on any atom is -0.305 e. The zero-order chi connectivity index (χ0) is 24.3. The number of halogens is 3. The predicted octanol–water partition coefficient (Wildman–Crippen LogP) is 3.19. The van der Waals surface area contributed by atoms with E-state index in [-0.39, 0.29) is 11.6 Å². The molecule has 1 aliphatic heterocycles. The van der Waals surface area contributed by atoms with Crippen molar-refractivity contribution >= 4 is 33.2 Å². The Kier molecular flexibility index (Phi) is 5.28. The number of imide groups is 1. The number of aromatic nitrogens is 1.